The number of carbonyl (C=O) groups excluding carboxylic acids is 1. The molecule has 1 heterocycles. The molecule has 3 aromatic rings. The minimum Gasteiger partial charge on any atom is -0.457 e. The van der Waals surface area contributed by atoms with E-state index in [1.54, 1.807) is 24.3 Å². The van der Waals surface area contributed by atoms with Crippen LogP contribution in [0.4, 0.5) is 4.39 Å². The number of ether oxygens (including phenoxy) is 1. The maximum atomic E-state index is 13.1. The Morgan fingerprint density at radius 3 is 2.17 bits per heavy atom. The van der Waals surface area contributed by atoms with Gasteiger partial charge >= 0.3 is 5.97 Å². The predicted molar refractivity (Wildman–Crippen MR) is 115 cm³/mol. The number of nitrogens with one attached hydrogen (secondary N) is 1. The van der Waals surface area contributed by atoms with Crippen LogP contribution in [0, 0.1) is 5.82 Å². The van der Waals surface area contributed by atoms with E-state index in [0.29, 0.717) is 12.1 Å². The van der Waals surface area contributed by atoms with Crippen LogP contribution in [-0.2, 0) is 4.74 Å². The average molecular weight is 412 g/mol. The predicted octanol–water partition coefficient (Wildman–Crippen LogP) is 5.22. The number of hydrogen-bond acceptors (Lipinski definition) is 3. The zero-order valence-electron chi connectivity index (χ0n) is 15.9. The van der Waals surface area contributed by atoms with E-state index in [4.69, 9.17) is 4.74 Å². The Morgan fingerprint density at radius 2 is 1.52 bits per heavy atom. The van der Waals surface area contributed by atoms with Gasteiger partial charge in [0.05, 0.1) is 5.56 Å². The highest BCUT2D eigenvalue weighted by atomic mass is 35.5. The fraction of sp³-hybridized carbons (Fsp3) is 0.208. The molecule has 4 rings (SSSR count). The number of rotatable bonds is 4. The molecule has 0 aromatic heterocycles. The van der Waals surface area contributed by atoms with Crippen LogP contribution in [0.15, 0.2) is 78.9 Å². The second-order valence-corrected chi connectivity index (χ2v) is 7.04. The Labute approximate surface area is 176 Å². The van der Waals surface area contributed by atoms with Crippen molar-refractivity contribution in [3.63, 3.8) is 0 Å². The first-order chi connectivity index (χ1) is 13.7. The molecule has 0 saturated carbocycles. The summed E-state index contributed by atoms with van der Waals surface area (Å²) in [6, 6.07) is 23.8. The number of carbonyl (C=O) groups is 1. The second-order valence-electron chi connectivity index (χ2n) is 7.04. The van der Waals surface area contributed by atoms with Crippen LogP contribution in [0.5, 0.6) is 0 Å². The van der Waals surface area contributed by atoms with E-state index in [1.807, 2.05) is 30.3 Å². The van der Waals surface area contributed by atoms with E-state index < -0.39 is 0 Å². The molecule has 2 atom stereocenters. The standard InChI is InChI=1S/C24H22FNO2.ClH/c25-21-12-10-18(11-13-21)17-6-8-20(9-7-17)24(27)28-23-16-26-15-14-22(23)19-4-2-1-3-5-19;/h1-13,22-23,26H,14-16H2;1H/t22-,23+;/m0./s1. The third-order valence-electron chi connectivity index (χ3n) is 5.21. The van der Waals surface area contributed by atoms with Gasteiger partial charge in [-0.15, -0.1) is 12.4 Å². The van der Waals surface area contributed by atoms with E-state index >= 15 is 0 Å². The number of benzene rings is 3. The van der Waals surface area contributed by atoms with Crippen molar-refractivity contribution in [2.75, 3.05) is 13.1 Å². The molecule has 5 heteroatoms. The fourth-order valence-electron chi connectivity index (χ4n) is 3.68. The minimum atomic E-state index is -0.319. The quantitative estimate of drug-likeness (QED) is 0.598. The molecule has 1 aliphatic rings. The van der Waals surface area contributed by atoms with Crippen LogP contribution < -0.4 is 5.32 Å². The lowest BCUT2D eigenvalue weighted by Gasteiger charge is -2.32. The molecule has 29 heavy (non-hydrogen) atoms. The Bertz CT molecular complexity index is 929. The third kappa shape index (κ3) is 5.03. The Kier molecular flexibility index (Phi) is 7.02. The lowest BCUT2D eigenvalue weighted by atomic mass is 9.88. The van der Waals surface area contributed by atoms with E-state index in [0.717, 1.165) is 24.1 Å². The highest BCUT2D eigenvalue weighted by Gasteiger charge is 2.29. The van der Waals surface area contributed by atoms with Crippen LogP contribution in [0.25, 0.3) is 11.1 Å². The molecule has 3 aromatic carbocycles. The van der Waals surface area contributed by atoms with Crippen LogP contribution in [0.2, 0.25) is 0 Å². The summed E-state index contributed by atoms with van der Waals surface area (Å²) in [7, 11) is 0. The van der Waals surface area contributed by atoms with Crippen molar-refractivity contribution in [2.24, 2.45) is 0 Å². The van der Waals surface area contributed by atoms with Crippen molar-refractivity contribution in [3.8, 4) is 11.1 Å². The first-order valence-electron chi connectivity index (χ1n) is 9.53. The lowest BCUT2D eigenvalue weighted by Crippen LogP contribution is -2.42. The smallest absolute Gasteiger partial charge is 0.338 e. The molecular formula is C24H23ClFNO2. The number of halogens is 2. The topological polar surface area (TPSA) is 38.3 Å². The summed E-state index contributed by atoms with van der Waals surface area (Å²) >= 11 is 0. The van der Waals surface area contributed by atoms with E-state index in [9.17, 15) is 9.18 Å². The molecule has 0 amide bonds. The molecule has 0 unspecified atom stereocenters. The Balaban J connectivity index is 0.00000240. The fourth-order valence-corrected chi connectivity index (χ4v) is 3.68. The molecule has 3 nitrogen and oxygen atoms in total. The van der Waals surface area contributed by atoms with Gasteiger partial charge in [0.2, 0.25) is 0 Å². The zero-order valence-corrected chi connectivity index (χ0v) is 16.7. The van der Waals surface area contributed by atoms with Crippen molar-refractivity contribution < 1.29 is 13.9 Å². The second kappa shape index (κ2) is 9.68. The van der Waals surface area contributed by atoms with Crippen molar-refractivity contribution in [1.29, 1.82) is 0 Å². The van der Waals surface area contributed by atoms with Gasteiger partial charge in [-0.05, 0) is 53.9 Å². The molecule has 1 fully saturated rings. The SMILES string of the molecule is Cl.O=C(O[C@@H]1CNCC[C@H]1c1ccccc1)c1ccc(-c2ccc(F)cc2)cc1. The van der Waals surface area contributed by atoms with Gasteiger partial charge in [-0.3, -0.25) is 0 Å². The summed E-state index contributed by atoms with van der Waals surface area (Å²) in [5, 5.41) is 3.32. The molecule has 1 aliphatic heterocycles. The van der Waals surface area contributed by atoms with Gasteiger partial charge in [-0.1, -0.05) is 54.6 Å². The number of hydrogen-bond donors (Lipinski definition) is 1. The Morgan fingerprint density at radius 1 is 0.897 bits per heavy atom. The largest absolute Gasteiger partial charge is 0.457 e. The van der Waals surface area contributed by atoms with E-state index in [2.05, 4.69) is 17.4 Å². The van der Waals surface area contributed by atoms with Gasteiger partial charge in [0.1, 0.15) is 11.9 Å². The van der Waals surface area contributed by atoms with Crippen LogP contribution in [0.1, 0.15) is 28.3 Å². The highest BCUT2D eigenvalue weighted by Crippen LogP contribution is 2.28. The molecule has 0 radical (unpaired) electrons. The summed E-state index contributed by atoms with van der Waals surface area (Å²) in [6.45, 7) is 1.57. The first kappa shape index (κ1) is 21.0. The first-order valence-corrected chi connectivity index (χ1v) is 9.53. The van der Waals surface area contributed by atoms with E-state index in [1.165, 1.54) is 17.7 Å². The maximum absolute atomic E-state index is 13.1. The molecule has 0 aliphatic carbocycles. The minimum absolute atomic E-state index is 0. The van der Waals surface area contributed by atoms with Crippen molar-refractivity contribution >= 4 is 18.4 Å². The molecule has 1 N–H and O–H groups in total. The van der Waals surface area contributed by atoms with Crippen molar-refractivity contribution in [3.05, 3.63) is 95.8 Å². The summed E-state index contributed by atoms with van der Waals surface area (Å²) in [4.78, 5) is 12.7. The van der Waals surface area contributed by atoms with E-state index in [-0.39, 0.29) is 36.2 Å². The van der Waals surface area contributed by atoms with Crippen molar-refractivity contribution in [2.45, 2.75) is 18.4 Å². The highest BCUT2D eigenvalue weighted by molar-refractivity contribution is 5.90. The number of esters is 1. The summed E-state index contributed by atoms with van der Waals surface area (Å²) in [5.41, 5.74) is 3.55. The van der Waals surface area contributed by atoms with Crippen LogP contribution in [-0.4, -0.2) is 25.2 Å². The molecular weight excluding hydrogens is 389 g/mol. The molecule has 0 spiro atoms. The van der Waals surface area contributed by atoms with Gasteiger partial charge < -0.3 is 10.1 Å². The van der Waals surface area contributed by atoms with Crippen molar-refractivity contribution in [1.82, 2.24) is 5.32 Å². The average Bonchev–Trinajstić information content (AvgIpc) is 2.75. The van der Waals surface area contributed by atoms with Gasteiger partial charge in [-0.25, -0.2) is 9.18 Å². The molecule has 150 valence electrons. The van der Waals surface area contributed by atoms with Crippen LogP contribution >= 0.6 is 12.4 Å². The molecule has 1 saturated heterocycles. The Hall–Kier alpha value is -2.69. The van der Waals surface area contributed by atoms with Gasteiger partial charge in [0.15, 0.2) is 0 Å². The lowest BCUT2D eigenvalue weighted by molar-refractivity contribution is 0.0182. The van der Waals surface area contributed by atoms with Gasteiger partial charge in [0, 0.05) is 12.5 Å². The monoisotopic (exact) mass is 411 g/mol. The normalized spacial score (nSPS) is 18.5. The summed E-state index contributed by atoms with van der Waals surface area (Å²) in [5.74, 6) is -0.386. The third-order valence-corrected chi connectivity index (χ3v) is 5.21. The molecule has 0 bridgehead atoms. The zero-order chi connectivity index (χ0) is 19.3. The van der Waals surface area contributed by atoms with Gasteiger partial charge in [0.25, 0.3) is 0 Å². The number of piperidine rings is 1. The van der Waals surface area contributed by atoms with Gasteiger partial charge in [-0.2, -0.15) is 0 Å². The summed E-state index contributed by atoms with van der Waals surface area (Å²) < 4.78 is 18.9. The van der Waals surface area contributed by atoms with Crippen LogP contribution in [0.3, 0.4) is 0 Å². The summed E-state index contributed by atoms with van der Waals surface area (Å²) in [6.07, 6.45) is 0.742. The maximum Gasteiger partial charge on any atom is 0.338 e.